The number of amides is 1. The molecule has 1 aromatic carbocycles. The normalized spacial score (nSPS) is 21.7. The van der Waals surface area contributed by atoms with E-state index in [4.69, 9.17) is 4.74 Å². The maximum Gasteiger partial charge on any atom is 0.253 e. The zero-order chi connectivity index (χ0) is 20.8. The predicted molar refractivity (Wildman–Crippen MR) is 107 cm³/mol. The first kappa shape index (κ1) is 20.1. The third-order valence-electron chi connectivity index (χ3n) is 5.73. The minimum atomic E-state index is -3.57. The summed E-state index contributed by atoms with van der Waals surface area (Å²) in [5.74, 6) is 0.673. The highest BCUT2D eigenvalue weighted by molar-refractivity contribution is 7.89. The molecule has 2 aliphatic rings. The molecular weight excluding hydrogens is 392 g/mol. The Kier molecular flexibility index (Phi) is 5.00. The van der Waals surface area contributed by atoms with Gasteiger partial charge in [0.1, 0.15) is 11.4 Å². The van der Waals surface area contributed by atoms with E-state index in [1.54, 1.807) is 38.5 Å². The molecule has 2 aliphatic heterocycles. The van der Waals surface area contributed by atoms with Crippen molar-refractivity contribution < 1.29 is 17.9 Å². The summed E-state index contributed by atoms with van der Waals surface area (Å²) in [6.45, 7) is 2.92. The number of likely N-dealkylation sites (N-methyl/N-ethyl adjacent to an activating group) is 1. The molecular formula is C20H26N4O4S. The molecule has 0 saturated carbocycles. The number of rotatable bonds is 3. The molecule has 29 heavy (non-hydrogen) atoms. The number of nitrogens with zero attached hydrogens (tertiary/aromatic N) is 4. The van der Waals surface area contributed by atoms with Crippen LogP contribution < -0.4 is 0 Å². The standard InChI is InChI=1S/C20H26N4O4S/c1-15-5-4-6-16(13-15)29(26,27)24-10-7-20(8-11-24)19-21-9-12-23(19)14-17(28-20)18(25)22(2)3/h4-6,9,12-13,17H,7-8,10-11,14H2,1-3H3/t17-/m1/s1. The monoisotopic (exact) mass is 418 g/mol. The molecule has 1 fully saturated rings. The van der Waals surface area contributed by atoms with Crippen molar-refractivity contribution in [3.63, 3.8) is 0 Å². The maximum absolute atomic E-state index is 13.1. The van der Waals surface area contributed by atoms with Crippen LogP contribution in [-0.4, -0.2) is 66.4 Å². The lowest BCUT2D eigenvalue weighted by atomic mass is 9.89. The fraction of sp³-hybridized carbons (Fsp3) is 0.500. The summed E-state index contributed by atoms with van der Waals surface area (Å²) < 4.78 is 35.9. The van der Waals surface area contributed by atoms with Crippen LogP contribution in [0.3, 0.4) is 0 Å². The zero-order valence-electron chi connectivity index (χ0n) is 16.9. The smallest absolute Gasteiger partial charge is 0.253 e. The molecule has 1 atom stereocenters. The first-order valence-electron chi connectivity index (χ1n) is 9.70. The largest absolute Gasteiger partial charge is 0.352 e. The Hall–Kier alpha value is -2.23. The minimum Gasteiger partial charge on any atom is -0.352 e. The zero-order valence-corrected chi connectivity index (χ0v) is 17.7. The maximum atomic E-state index is 13.1. The number of fused-ring (bicyclic) bond motifs is 2. The number of benzene rings is 1. The highest BCUT2D eigenvalue weighted by atomic mass is 32.2. The summed E-state index contributed by atoms with van der Waals surface area (Å²) in [6, 6.07) is 6.95. The van der Waals surface area contributed by atoms with Gasteiger partial charge in [-0.25, -0.2) is 13.4 Å². The van der Waals surface area contributed by atoms with Crippen LogP contribution in [-0.2, 0) is 31.7 Å². The Morgan fingerprint density at radius 1 is 1.28 bits per heavy atom. The van der Waals surface area contributed by atoms with Crippen LogP contribution in [0.1, 0.15) is 24.2 Å². The molecule has 2 aromatic rings. The summed E-state index contributed by atoms with van der Waals surface area (Å²) in [6.07, 6.45) is 3.86. The van der Waals surface area contributed by atoms with Gasteiger partial charge in [0.2, 0.25) is 10.0 Å². The molecule has 8 nitrogen and oxygen atoms in total. The van der Waals surface area contributed by atoms with Gasteiger partial charge in [0.05, 0.1) is 11.4 Å². The predicted octanol–water partition coefficient (Wildman–Crippen LogP) is 1.36. The molecule has 0 unspecified atom stereocenters. The van der Waals surface area contributed by atoms with Gasteiger partial charge in [-0.15, -0.1) is 0 Å². The van der Waals surface area contributed by atoms with Gasteiger partial charge in [0.15, 0.2) is 6.10 Å². The second-order valence-corrected chi connectivity index (χ2v) is 9.90. The number of imidazole rings is 1. The van der Waals surface area contributed by atoms with Crippen LogP contribution in [0, 0.1) is 6.92 Å². The van der Waals surface area contributed by atoms with E-state index >= 15 is 0 Å². The van der Waals surface area contributed by atoms with E-state index in [-0.39, 0.29) is 5.91 Å². The number of aryl methyl sites for hydroxylation is 1. The second-order valence-electron chi connectivity index (χ2n) is 7.96. The van der Waals surface area contributed by atoms with Gasteiger partial charge in [0.25, 0.3) is 5.91 Å². The van der Waals surface area contributed by atoms with Gasteiger partial charge in [-0.1, -0.05) is 12.1 Å². The fourth-order valence-electron chi connectivity index (χ4n) is 4.17. The van der Waals surface area contributed by atoms with E-state index in [1.807, 2.05) is 23.8 Å². The average Bonchev–Trinajstić information content (AvgIpc) is 3.17. The van der Waals surface area contributed by atoms with E-state index in [0.29, 0.717) is 37.4 Å². The van der Waals surface area contributed by atoms with Gasteiger partial charge in [-0.05, 0) is 37.5 Å². The van der Waals surface area contributed by atoms with Gasteiger partial charge in [-0.2, -0.15) is 4.31 Å². The molecule has 9 heteroatoms. The van der Waals surface area contributed by atoms with Crippen molar-refractivity contribution in [2.45, 2.75) is 42.9 Å². The van der Waals surface area contributed by atoms with Gasteiger partial charge in [-0.3, -0.25) is 4.79 Å². The number of hydrogen-bond acceptors (Lipinski definition) is 5. The molecule has 1 saturated heterocycles. The molecule has 1 spiro atoms. The van der Waals surface area contributed by atoms with Crippen molar-refractivity contribution in [1.29, 1.82) is 0 Å². The van der Waals surface area contributed by atoms with E-state index in [2.05, 4.69) is 4.98 Å². The van der Waals surface area contributed by atoms with Crippen molar-refractivity contribution in [3.8, 4) is 0 Å². The Labute approximate surface area is 171 Å². The first-order chi connectivity index (χ1) is 13.7. The van der Waals surface area contributed by atoms with Crippen molar-refractivity contribution in [2.75, 3.05) is 27.2 Å². The van der Waals surface area contributed by atoms with Gasteiger partial charge in [0, 0.05) is 39.6 Å². The molecule has 0 bridgehead atoms. The van der Waals surface area contributed by atoms with Crippen LogP contribution in [0.5, 0.6) is 0 Å². The van der Waals surface area contributed by atoms with Crippen molar-refractivity contribution in [3.05, 3.63) is 48.0 Å². The number of hydrogen-bond donors (Lipinski definition) is 0. The lowest BCUT2D eigenvalue weighted by molar-refractivity contribution is -0.177. The molecule has 156 valence electrons. The van der Waals surface area contributed by atoms with Crippen LogP contribution in [0.25, 0.3) is 0 Å². The van der Waals surface area contributed by atoms with Crippen LogP contribution in [0.4, 0.5) is 0 Å². The Bertz CT molecular complexity index is 1020. The van der Waals surface area contributed by atoms with Gasteiger partial charge < -0.3 is 14.2 Å². The fourth-order valence-corrected chi connectivity index (χ4v) is 5.71. The van der Waals surface area contributed by atoms with Crippen LogP contribution >= 0.6 is 0 Å². The van der Waals surface area contributed by atoms with E-state index < -0.39 is 21.7 Å². The van der Waals surface area contributed by atoms with E-state index in [1.165, 1.54) is 9.21 Å². The second kappa shape index (κ2) is 7.23. The molecule has 1 amide bonds. The van der Waals surface area contributed by atoms with E-state index in [0.717, 1.165) is 11.4 Å². The van der Waals surface area contributed by atoms with Crippen molar-refractivity contribution >= 4 is 15.9 Å². The van der Waals surface area contributed by atoms with Gasteiger partial charge >= 0.3 is 0 Å². The third-order valence-corrected chi connectivity index (χ3v) is 7.62. The molecule has 0 aliphatic carbocycles. The summed E-state index contributed by atoms with van der Waals surface area (Å²) >= 11 is 0. The number of ether oxygens (including phenoxy) is 1. The van der Waals surface area contributed by atoms with Crippen molar-refractivity contribution in [2.24, 2.45) is 0 Å². The van der Waals surface area contributed by atoms with Crippen LogP contribution in [0.15, 0.2) is 41.6 Å². The number of sulfonamides is 1. The highest BCUT2D eigenvalue weighted by Crippen LogP contribution is 2.41. The third kappa shape index (κ3) is 3.47. The Morgan fingerprint density at radius 3 is 2.66 bits per heavy atom. The number of carbonyl (C=O) groups excluding carboxylic acids is 1. The lowest BCUT2D eigenvalue weighted by Crippen LogP contribution is -2.54. The van der Waals surface area contributed by atoms with E-state index in [9.17, 15) is 13.2 Å². The highest BCUT2D eigenvalue weighted by Gasteiger charge is 2.48. The summed E-state index contributed by atoms with van der Waals surface area (Å²) in [5.41, 5.74) is 0.152. The summed E-state index contributed by atoms with van der Waals surface area (Å²) in [7, 11) is -0.157. The number of carbonyl (C=O) groups is 1. The van der Waals surface area contributed by atoms with Crippen LogP contribution in [0.2, 0.25) is 0 Å². The molecule has 1 aromatic heterocycles. The average molecular weight is 419 g/mol. The molecule has 3 heterocycles. The topological polar surface area (TPSA) is 84.7 Å². The quantitative estimate of drug-likeness (QED) is 0.751. The Balaban J connectivity index is 1.58. The summed E-state index contributed by atoms with van der Waals surface area (Å²) in [5, 5.41) is 0. The number of aromatic nitrogens is 2. The first-order valence-corrected chi connectivity index (χ1v) is 11.1. The SMILES string of the molecule is Cc1cccc(S(=O)(=O)N2CCC3(CC2)O[C@@H](C(=O)N(C)C)Cn2ccnc23)c1. The molecule has 0 radical (unpaired) electrons. The number of piperidine rings is 1. The minimum absolute atomic E-state index is 0.0986. The van der Waals surface area contributed by atoms with Crippen molar-refractivity contribution in [1.82, 2.24) is 18.8 Å². The molecule has 0 N–H and O–H groups in total. The Morgan fingerprint density at radius 2 is 2.00 bits per heavy atom. The summed E-state index contributed by atoms with van der Waals surface area (Å²) in [4.78, 5) is 18.9. The lowest BCUT2D eigenvalue weighted by Gasteiger charge is -2.45. The molecule has 4 rings (SSSR count).